The van der Waals surface area contributed by atoms with Crippen LogP contribution in [-0.2, 0) is 14.3 Å². The maximum absolute atomic E-state index is 12.5. The van der Waals surface area contributed by atoms with Gasteiger partial charge in [0, 0.05) is 12.8 Å². The number of hydrogen-bond donors (Lipinski definition) is 3. The standard InChI is InChI=1S/C66H127NO5/c1-3-5-7-9-11-13-15-17-19-20-24-28-32-36-40-44-48-52-56-60-66(71)72-61-57-53-49-45-41-37-33-29-26-23-21-22-25-27-31-35-39-43-47-51-55-59-65(70)67-63(62-68)64(69)58-54-50-46-42-38-34-30-18-16-14-12-10-8-6-4-2/h17,19,22,25,63-64,68-69H,3-16,18,20-21,23-24,26-62H2,1-2H3,(H,67,70)/b19-17-,25-22-. The zero-order valence-corrected chi connectivity index (χ0v) is 48.7. The topological polar surface area (TPSA) is 95.9 Å². The summed E-state index contributed by atoms with van der Waals surface area (Å²) in [4.78, 5) is 24.6. The highest BCUT2D eigenvalue weighted by Crippen LogP contribution is 2.18. The highest BCUT2D eigenvalue weighted by Gasteiger charge is 2.20. The van der Waals surface area contributed by atoms with E-state index < -0.39 is 12.1 Å². The maximum atomic E-state index is 12.5. The van der Waals surface area contributed by atoms with Gasteiger partial charge in [-0.3, -0.25) is 9.59 Å². The van der Waals surface area contributed by atoms with E-state index in [2.05, 4.69) is 43.5 Å². The third kappa shape index (κ3) is 57.6. The molecule has 0 aromatic rings. The molecule has 6 heteroatoms. The van der Waals surface area contributed by atoms with Crippen LogP contribution in [-0.4, -0.2) is 47.4 Å². The number of carbonyl (C=O) groups is 2. The highest BCUT2D eigenvalue weighted by atomic mass is 16.5. The van der Waals surface area contributed by atoms with Gasteiger partial charge in [0.25, 0.3) is 0 Å². The Kier molecular flexibility index (Phi) is 60.5. The number of rotatable bonds is 61. The van der Waals surface area contributed by atoms with Crippen LogP contribution in [0, 0.1) is 0 Å². The molecular weight excluding hydrogens is 887 g/mol. The van der Waals surface area contributed by atoms with Gasteiger partial charge < -0.3 is 20.3 Å². The number of ether oxygens (including phenoxy) is 1. The van der Waals surface area contributed by atoms with Gasteiger partial charge in [-0.25, -0.2) is 0 Å². The summed E-state index contributed by atoms with van der Waals surface area (Å²) >= 11 is 0. The normalized spacial score (nSPS) is 12.7. The molecule has 0 aromatic heterocycles. The Morgan fingerprint density at radius 1 is 0.375 bits per heavy atom. The molecule has 6 nitrogen and oxygen atoms in total. The number of hydrogen-bond acceptors (Lipinski definition) is 5. The lowest BCUT2D eigenvalue weighted by Crippen LogP contribution is -2.45. The first-order valence-corrected chi connectivity index (χ1v) is 32.6. The van der Waals surface area contributed by atoms with Gasteiger partial charge in [-0.15, -0.1) is 0 Å². The molecule has 0 aliphatic rings. The second-order valence-electron chi connectivity index (χ2n) is 22.4. The lowest BCUT2D eigenvalue weighted by molar-refractivity contribution is -0.143. The van der Waals surface area contributed by atoms with Crippen molar-refractivity contribution >= 4 is 11.9 Å². The summed E-state index contributed by atoms with van der Waals surface area (Å²) in [6.07, 6.45) is 76.2. The first-order valence-electron chi connectivity index (χ1n) is 32.6. The zero-order valence-electron chi connectivity index (χ0n) is 48.7. The number of aliphatic hydroxyl groups excluding tert-OH is 2. The van der Waals surface area contributed by atoms with E-state index in [1.807, 2.05) is 0 Å². The summed E-state index contributed by atoms with van der Waals surface area (Å²) in [5.41, 5.74) is 0. The number of esters is 1. The molecule has 3 N–H and O–H groups in total. The van der Waals surface area contributed by atoms with Gasteiger partial charge >= 0.3 is 5.97 Å². The minimum atomic E-state index is -0.669. The van der Waals surface area contributed by atoms with Crippen molar-refractivity contribution in [1.29, 1.82) is 0 Å². The third-order valence-corrected chi connectivity index (χ3v) is 15.2. The van der Waals surface area contributed by atoms with E-state index >= 15 is 0 Å². The molecule has 0 saturated heterocycles. The van der Waals surface area contributed by atoms with Crippen molar-refractivity contribution in [3.05, 3.63) is 24.3 Å². The average molecular weight is 1010 g/mol. The van der Waals surface area contributed by atoms with Crippen LogP contribution in [0.1, 0.15) is 361 Å². The molecule has 426 valence electrons. The summed E-state index contributed by atoms with van der Waals surface area (Å²) in [5.74, 6) is -0.0323. The molecule has 0 fully saturated rings. The summed E-state index contributed by atoms with van der Waals surface area (Å²) < 4.78 is 5.50. The first-order chi connectivity index (χ1) is 35.5. The predicted molar refractivity (Wildman–Crippen MR) is 315 cm³/mol. The monoisotopic (exact) mass is 1010 g/mol. The number of aliphatic hydroxyl groups is 2. The van der Waals surface area contributed by atoms with Crippen LogP contribution in [0.25, 0.3) is 0 Å². The molecular formula is C66H127NO5. The molecule has 1 amide bonds. The number of allylic oxidation sites excluding steroid dienone is 4. The molecule has 0 aliphatic heterocycles. The minimum Gasteiger partial charge on any atom is -0.466 e. The summed E-state index contributed by atoms with van der Waals surface area (Å²) in [5, 5.41) is 23.3. The van der Waals surface area contributed by atoms with E-state index in [0.717, 1.165) is 44.9 Å². The lowest BCUT2D eigenvalue weighted by Gasteiger charge is -2.22. The molecule has 0 bridgehead atoms. The van der Waals surface area contributed by atoms with Gasteiger partial charge in [-0.05, 0) is 77.0 Å². The fraction of sp³-hybridized carbons (Fsp3) is 0.909. The smallest absolute Gasteiger partial charge is 0.305 e. The van der Waals surface area contributed by atoms with Gasteiger partial charge in [-0.1, -0.05) is 295 Å². The van der Waals surface area contributed by atoms with Crippen LogP contribution >= 0.6 is 0 Å². The van der Waals surface area contributed by atoms with Crippen LogP contribution in [0.5, 0.6) is 0 Å². The molecule has 0 aromatic carbocycles. The quantitative estimate of drug-likeness (QED) is 0.0320. The second kappa shape index (κ2) is 61.9. The fourth-order valence-electron chi connectivity index (χ4n) is 10.2. The van der Waals surface area contributed by atoms with Crippen LogP contribution < -0.4 is 5.32 Å². The number of nitrogens with one attached hydrogen (secondary N) is 1. The number of unbranched alkanes of at least 4 members (excludes halogenated alkanes) is 46. The summed E-state index contributed by atoms with van der Waals surface area (Å²) in [6, 6.07) is -0.547. The van der Waals surface area contributed by atoms with E-state index in [9.17, 15) is 19.8 Å². The van der Waals surface area contributed by atoms with Gasteiger partial charge in [0.15, 0.2) is 0 Å². The van der Waals surface area contributed by atoms with Crippen LogP contribution in [0.4, 0.5) is 0 Å². The van der Waals surface area contributed by atoms with Crippen LogP contribution in [0.3, 0.4) is 0 Å². The molecule has 0 saturated carbocycles. The maximum Gasteiger partial charge on any atom is 0.305 e. The highest BCUT2D eigenvalue weighted by molar-refractivity contribution is 5.76. The molecule has 0 spiro atoms. The molecule has 0 heterocycles. The van der Waals surface area contributed by atoms with Gasteiger partial charge in [0.05, 0.1) is 25.4 Å². The lowest BCUT2D eigenvalue weighted by atomic mass is 10.0. The Hall–Kier alpha value is -1.66. The average Bonchev–Trinajstić information content (AvgIpc) is 3.38. The fourth-order valence-corrected chi connectivity index (χ4v) is 10.2. The van der Waals surface area contributed by atoms with E-state index in [4.69, 9.17) is 4.74 Å². The van der Waals surface area contributed by atoms with Gasteiger partial charge in [-0.2, -0.15) is 0 Å². The molecule has 72 heavy (non-hydrogen) atoms. The van der Waals surface area contributed by atoms with Gasteiger partial charge in [0.1, 0.15) is 0 Å². The molecule has 2 atom stereocenters. The van der Waals surface area contributed by atoms with E-state index in [1.165, 1.54) is 283 Å². The van der Waals surface area contributed by atoms with Crippen molar-refractivity contribution in [2.24, 2.45) is 0 Å². The Bertz CT molecular complexity index is 1120. The molecule has 0 rings (SSSR count). The SMILES string of the molecule is CCCCCCCC/C=C\CCCCCCCCCCCC(=O)OCCCCCCCCCCCC/C=C\CCCCCCCCCC(=O)NC(CO)C(O)CCCCCCCCCCCCCCCCC. The Labute approximate surface area is 450 Å². The van der Waals surface area contributed by atoms with E-state index in [-0.39, 0.29) is 18.5 Å². The molecule has 2 unspecified atom stereocenters. The van der Waals surface area contributed by atoms with Crippen molar-refractivity contribution in [2.45, 2.75) is 373 Å². The summed E-state index contributed by atoms with van der Waals surface area (Å²) in [7, 11) is 0. The van der Waals surface area contributed by atoms with Gasteiger partial charge in [0.2, 0.25) is 5.91 Å². The number of carbonyl (C=O) groups excluding carboxylic acids is 2. The summed E-state index contributed by atoms with van der Waals surface area (Å²) in [6.45, 7) is 4.97. The third-order valence-electron chi connectivity index (χ3n) is 15.2. The first kappa shape index (κ1) is 70.3. The van der Waals surface area contributed by atoms with E-state index in [1.54, 1.807) is 0 Å². The largest absolute Gasteiger partial charge is 0.466 e. The predicted octanol–water partition coefficient (Wildman–Crippen LogP) is 20.6. The Morgan fingerprint density at radius 2 is 0.653 bits per heavy atom. The van der Waals surface area contributed by atoms with Crippen molar-refractivity contribution in [3.63, 3.8) is 0 Å². The Morgan fingerprint density at radius 3 is 0.986 bits per heavy atom. The van der Waals surface area contributed by atoms with Crippen molar-refractivity contribution in [3.8, 4) is 0 Å². The molecule has 0 aliphatic carbocycles. The van der Waals surface area contributed by atoms with Crippen molar-refractivity contribution in [1.82, 2.24) is 5.32 Å². The van der Waals surface area contributed by atoms with Crippen molar-refractivity contribution < 1.29 is 24.5 Å². The Balaban J connectivity index is 3.40. The van der Waals surface area contributed by atoms with Crippen LogP contribution in [0.2, 0.25) is 0 Å². The minimum absolute atomic E-state index is 0.00841. The van der Waals surface area contributed by atoms with E-state index in [0.29, 0.717) is 25.9 Å². The second-order valence-corrected chi connectivity index (χ2v) is 22.4. The molecule has 0 radical (unpaired) electrons. The van der Waals surface area contributed by atoms with Crippen LogP contribution in [0.15, 0.2) is 24.3 Å². The van der Waals surface area contributed by atoms with Crippen molar-refractivity contribution in [2.75, 3.05) is 13.2 Å². The zero-order chi connectivity index (χ0) is 52.2. The number of amides is 1.